The van der Waals surface area contributed by atoms with Crippen LogP contribution in [0.25, 0.3) is 92.9 Å². The molecule has 4 nitrogen and oxygen atoms in total. The van der Waals surface area contributed by atoms with Crippen LogP contribution in [-0.2, 0) is 0 Å². The third-order valence-electron chi connectivity index (χ3n) is 11.5. The van der Waals surface area contributed by atoms with Gasteiger partial charge in [-0.3, -0.25) is 4.90 Å². The maximum Gasteiger partial charge on any atom is 0.162 e. The Bertz CT molecular complexity index is 3340. The molecule has 276 valence electrons. The van der Waals surface area contributed by atoms with E-state index >= 15 is 0 Å². The van der Waals surface area contributed by atoms with Crippen LogP contribution in [0.3, 0.4) is 0 Å². The maximum absolute atomic E-state index is 5.37. The van der Waals surface area contributed by atoms with E-state index in [4.69, 9.17) is 9.97 Å². The predicted molar refractivity (Wildman–Crippen MR) is 247 cm³/mol. The highest BCUT2D eigenvalue weighted by molar-refractivity contribution is 7.25. The quantitative estimate of drug-likeness (QED) is 0.175. The van der Waals surface area contributed by atoms with Gasteiger partial charge in [-0.25, -0.2) is 9.97 Å². The molecule has 5 heteroatoms. The van der Waals surface area contributed by atoms with Crippen molar-refractivity contribution in [3.8, 4) is 61.8 Å². The standard InChI is InChI=1S/C54H34N4S/c1-3-16-35(17-4-1)45-34-51(56-54(55-45)36-18-5-2-6-19-36)58-47-27-12-8-24-43(47)52-42-23-7-11-26-46(42)57(53(52)44-25-9-13-28-48(44)58)39-21-15-20-37(32-39)38-30-31-41-40-22-10-14-29-49(40)59-50(41)33-38/h1-34H. The van der Waals surface area contributed by atoms with E-state index in [1.807, 2.05) is 35.6 Å². The molecule has 0 spiro atoms. The minimum absolute atomic E-state index is 0.680. The van der Waals surface area contributed by atoms with Crippen LogP contribution in [-0.4, -0.2) is 14.5 Å². The maximum atomic E-state index is 5.37. The Labute approximate surface area is 345 Å². The number of para-hydroxylation sites is 3. The van der Waals surface area contributed by atoms with E-state index in [1.54, 1.807) is 0 Å². The van der Waals surface area contributed by atoms with Gasteiger partial charge in [-0.15, -0.1) is 11.3 Å². The van der Waals surface area contributed by atoms with Crippen molar-refractivity contribution in [3.63, 3.8) is 0 Å². The van der Waals surface area contributed by atoms with Crippen molar-refractivity contribution in [1.82, 2.24) is 14.5 Å². The average molecular weight is 771 g/mol. The highest BCUT2D eigenvalue weighted by atomic mass is 32.1. The summed E-state index contributed by atoms with van der Waals surface area (Å²) in [5.74, 6) is 1.48. The molecule has 0 radical (unpaired) electrons. The smallest absolute Gasteiger partial charge is 0.162 e. The first kappa shape index (κ1) is 33.5. The first-order chi connectivity index (χ1) is 29.3. The molecule has 4 heterocycles. The largest absolute Gasteiger partial charge is 0.309 e. The lowest BCUT2D eigenvalue weighted by Crippen LogP contribution is -2.14. The summed E-state index contributed by atoms with van der Waals surface area (Å²) in [7, 11) is 0. The molecule has 11 aromatic rings. The zero-order chi connectivity index (χ0) is 38.9. The highest BCUT2D eigenvalue weighted by Gasteiger charge is 2.32. The summed E-state index contributed by atoms with van der Waals surface area (Å²) in [6.07, 6.45) is 0. The summed E-state index contributed by atoms with van der Waals surface area (Å²) in [4.78, 5) is 12.9. The molecule has 8 aromatic carbocycles. The van der Waals surface area contributed by atoms with Crippen LogP contribution in [0.2, 0.25) is 0 Å². The van der Waals surface area contributed by atoms with Gasteiger partial charge in [-0.2, -0.15) is 0 Å². The molecular formula is C54H34N4S. The van der Waals surface area contributed by atoms with Gasteiger partial charge in [0.25, 0.3) is 0 Å². The number of rotatable bonds is 5. The third-order valence-corrected chi connectivity index (χ3v) is 12.7. The first-order valence-corrected chi connectivity index (χ1v) is 20.7. The summed E-state index contributed by atoms with van der Waals surface area (Å²) in [5, 5.41) is 3.82. The second-order valence-electron chi connectivity index (χ2n) is 15.0. The minimum Gasteiger partial charge on any atom is -0.309 e. The Kier molecular flexibility index (Phi) is 7.68. The van der Waals surface area contributed by atoms with Crippen LogP contribution < -0.4 is 4.90 Å². The number of nitrogens with zero attached hydrogens (tertiary/aromatic N) is 4. The molecule has 1 aliphatic rings. The normalized spacial score (nSPS) is 12.0. The van der Waals surface area contributed by atoms with Crippen molar-refractivity contribution in [2.24, 2.45) is 0 Å². The number of anilines is 3. The van der Waals surface area contributed by atoms with Gasteiger partial charge in [0.05, 0.1) is 28.3 Å². The SMILES string of the molecule is c1ccc(-c2cc(N3c4ccccc4-c4c(n(-c5cccc(-c6ccc7c(c6)sc6ccccc67)c5)c5ccccc45)-c4ccccc43)nc(-c3ccccc3)n2)cc1. The molecule has 0 aliphatic carbocycles. The lowest BCUT2D eigenvalue weighted by Gasteiger charge is -2.27. The van der Waals surface area contributed by atoms with Gasteiger partial charge in [-0.1, -0.05) is 158 Å². The summed E-state index contributed by atoms with van der Waals surface area (Å²) in [6.45, 7) is 0. The Morgan fingerprint density at radius 1 is 0.407 bits per heavy atom. The van der Waals surface area contributed by atoms with Crippen LogP contribution in [0.1, 0.15) is 0 Å². The molecule has 0 unspecified atom stereocenters. The van der Waals surface area contributed by atoms with E-state index in [0.717, 1.165) is 62.0 Å². The van der Waals surface area contributed by atoms with Crippen molar-refractivity contribution < 1.29 is 0 Å². The number of fused-ring (bicyclic) bond motifs is 10. The van der Waals surface area contributed by atoms with Crippen LogP contribution in [0.4, 0.5) is 17.2 Å². The average Bonchev–Trinajstić information content (AvgIpc) is 3.82. The predicted octanol–water partition coefficient (Wildman–Crippen LogP) is 14.9. The van der Waals surface area contributed by atoms with Gasteiger partial charge in [0.2, 0.25) is 0 Å². The summed E-state index contributed by atoms with van der Waals surface area (Å²) >= 11 is 1.86. The molecule has 0 amide bonds. The highest BCUT2D eigenvalue weighted by Crippen LogP contribution is 2.54. The third kappa shape index (κ3) is 5.43. The molecule has 3 aromatic heterocycles. The number of hydrogen-bond donors (Lipinski definition) is 0. The molecule has 0 fully saturated rings. The van der Waals surface area contributed by atoms with Crippen molar-refractivity contribution >= 4 is 59.6 Å². The molecular weight excluding hydrogens is 737 g/mol. The van der Waals surface area contributed by atoms with E-state index < -0.39 is 0 Å². The van der Waals surface area contributed by atoms with Crippen molar-refractivity contribution in [2.45, 2.75) is 0 Å². The van der Waals surface area contributed by atoms with Gasteiger partial charge >= 0.3 is 0 Å². The van der Waals surface area contributed by atoms with Crippen molar-refractivity contribution in [1.29, 1.82) is 0 Å². The monoisotopic (exact) mass is 770 g/mol. The second-order valence-corrected chi connectivity index (χ2v) is 16.1. The number of aromatic nitrogens is 3. The van der Waals surface area contributed by atoms with E-state index in [2.05, 4.69) is 191 Å². The Morgan fingerprint density at radius 2 is 1.03 bits per heavy atom. The first-order valence-electron chi connectivity index (χ1n) is 19.9. The summed E-state index contributed by atoms with van der Waals surface area (Å²) < 4.78 is 5.09. The van der Waals surface area contributed by atoms with Gasteiger partial charge < -0.3 is 4.57 Å². The topological polar surface area (TPSA) is 34.0 Å². The van der Waals surface area contributed by atoms with Crippen molar-refractivity contribution in [2.75, 3.05) is 4.90 Å². The van der Waals surface area contributed by atoms with E-state index in [9.17, 15) is 0 Å². The fourth-order valence-electron chi connectivity index (χ4n) is 8.91. The molecule has 0 N–H and O–H groups in total. The molecule has 0 saturated heterocycles. The molecule has 1 aliphatic heterocycles. The fourth-order valence-corrected chi connectivity index (χ4v) is 10.1. The minimum atomic E-state index is 0.680. The zero-order valence-corrected chi connectivity index (χ0v) is 32.6. The van der Waals surface area contributed by atoms with E-state index in [1.165, 1.54) is 42.2 Å². The van der Waals surface area contributed by atoms with Gasteiger partial charge in [0.15, 0.2) is 5.82 Å². The lowest BCUT2D eigenvalue weighted by molar-refractivity contribution is 1.12. The van der Waals surface area contributed by atoms with Crippen molar-refractivity contribution in [3.05, 3.63) is 206 Å². The Morgan fingerprint density at radius 3 is 1.86 bits per heavy atom. The fraction of sp³-hybridized carbons (Fsp3) is 0. The molecule has 0 bridgehead atoms. The Hall–Kier alpha value is -7.60. The van der Waals surface area contributed by atoms with Gasteiger partial charge in [0, 0.05) is 65.1 Å². The summed E-state index contributed by atoms with van der Waals surface area (Å²) in [5.41, 5.74) is 14.2. The number of benzene rings is 8. The number of hydrogen-bond acceptors (Lipinski definition) is 4. The van der Waals surface area contributed by atoms with Crippen LogP contribution in [0.15, 0.2) is 206 Å². The molecule has 0 atom stereocenters. The van der Waals surface area contributed by atoms with Crippen LogP contribution >= 0.6 is 11.3 Å². The van der Waals surface area contributed by atoms with Crippen LogP contribution in [0, 0.1) is 0 Å². The summed E-state index contributed by atoms with van der Waals surface area (Å²) in [6, 6.07) is 73.8. The number of thiophene rings is 1. The van der Waals surface area contributed by atoms with Crippen LogP contribution in [0.5, 0.6) is 0 Å². The van der Waals surface area contributed by atoms with E-state index in [0.29, 0.717) is 5.82 Å². The zero-order valence-electron chi connectivity index (χ0n) is 31.8. The molecule has 59 heavy (non-hydrogen) atoms. The Balaban J connectivity index is 1.10. The van der Waals surface area contributed by atoms with Gasteiger partial charge in [0.1, 0.15) is 5.82 Å². The lowest BCUT2D eigenvalue weighted by atomic mass is 9.98. The van der Waals surface area contributed by atoms with E-state index in [-0.39, 0.29) is 0 Å². The molecule has 0 saturated carbocycles. The van der Waals surface area contributed by atoms with Gasteiger partial charge in [-0.05, 0) is 53.6 Å². The second kappa shape index (κ2) is 13.5. The molecule has 12 rings (SSSR count).